The minimum absolute atomic E-state index is 0.0209. The van der Waals surface area contributed by atoms with Gasteiger partial charge in [0.15, 0.2) is 11.9 Å². The first-order valence-electron chi connectivity index (χ1n) is 13.7. The molecule has 3 saturated heterocycles. The second kappa shape index (κ2) is 9.76. The summed E-state index contributed by atoms with van der Waals surface area (Å²) >= 11 is 0. The van der Waals surface area contributed by atoms with Gasteiger partial charge in [0, 0.05) is 51.1 Å². The minimum Gasteiger partial charge on any atom is -0.356 e. The highest BCUT2D eigenvalue weighted by Crippen LogP contribution is 2.42. The van der Waals surface area contributed by atoms with Crippen LogP contribution >= 0.6 is 0 Å². The van der Waals surface area contributed by atoms with Crippen molar-refractivity contribution >= 4 is 22.8 Å². The number of aryl methyl sites for hydroxylation is 1. The highest BCUT2D eigenvalue weighted by Gasteiger charge is 2.43. The van der Waals surface area contributed by atoms with E-state index in [1.807, 2.05) is 11.8 Å². The van der Waals surface area contributed by atoms with E-state index in [1.165, 1.54) is 0 Å². The molecule has 0 aromatic carbocycles. The normalized spacial score (nSPS) is 21.8. The van der Waals surface area contributed by atoms with Crippen LogP contribution in [0.3, 0.4) is 0 Å². The molecule has 6 heterocycles. The van der Waals surface area contributed by atoms with Gasteiger partial charge in [-0.25, -0.2) is 14.6 Å². The van der Waals surface area contributed by atoms with Crippen LogP contribution in [0.5, 0.6) is 0 Å². The first-order valence-corrected chi connectivity index (χ1v) is 13.7. The fourth-order valence-corrected chi connectivity index (χ4v) is 6.22. The summed E-state index contributed by atoms with van der Waals surface area (Å²) in [5.41, 5.74) is 0.734. The zero-order valence-electron chi connectivity index (χ0n) is 22.2. The van der Waals surface area contributed by atoms with E-state index in [2.05, 4.69) is 20.0 Å². The third kappa shape index (κ3) is 4.74. The number of aromatic nitrogens is 6. The van der Waals surface area contributed by atoms with Crippen molar-refractivity contribution < 1.29 is 17.9 Å². The van der Waals surface area contributed by atoms with E-state index in [-0.39, 0.29) is 17.2 Å². The number of piperidine rings is 1. The lowest BCUT2D eigenvalue weighted by atomic mass is 9.78. The first-order chi connectivity index (χ1) is 18.7. The molecule has 0 bridgehead atoms. The van der Waals surface area contributed by atoms with Gasteiger partial charge in [-0.3, -0.25) is 9.36 Å². The van der Waals surface area contributed by atoms with Crippen molar-refractivity contribution in [2.24, 2.45) is 5.41 Å². The molecular weight excluding hydrogens is 513 g/mol. The number of alkyl halides is 3. The van der Waals surface area contributed by atoms with Gasteiger partial charge in [-0.1, -0.05) is 0 Å². The van der Waals surface area contributed by atoms with Crippen molar-refractivity contribution in [2.45, 2.75) is 71.3 Å². The molecule has 210 valence electrons. The zero-order valence-corrected chi connectivity index (χ0v) is 22.2. The molecule has 0 amide bonds. The molecular formula is C26H33F3N8O2. The van der Waals surface area contributed by atoms with Crippen molar-refractivity contribution in [3.05, 3.63) is 34.1 Å². The van der Waals surface area contributed by atoms with Gasteiger partial charge in [0.05, 0.1) is 6.20 Å². The summed E-state index contributed by atoms with van der Waals surface area (Å²) in [5, 5.41) is 4.97. The van der Waals surface area contributed by atoms with Crippen LogP contribution in [-0.2, 0) is 17.5 Å². The number of rotatable bonds is 4. The topological polar surface area (TPSA) is 94.2 Å². The number of halogens is 3. The van der Waals surface area contributed by atoms with E-state index in [1.54, 1.807) is 28.4 Å². The molecule has 3 aromatic heterocycles. The molecule has 0 aliphatic carbocycles. The van der Waals surface area contributed by atoms with Gasteiger partial charge < -0.3 is 14.5 Å². The van der Waals surface area contributed by atoms with Crippen molar-refractivity contribution in [1.82, 2.24) is 29.3 Å². The molecule has 3 aliphatic heterocycles. The van der Waals surface area contributed by atoms with Crippen molar-refractivity contribution in [1.29, 1.82) is 0 Å². The van der Waals surface area contributed by atoms with Crippen LogP contribution in [0.4, 0.5) is 24.9 Å². The van der Waals surface area contributed by atoms with Crippen LogP contribution in [0.15, 0.2) is 17.1 Å². The molecule has 3 fully saturated rings. The molecule has 1 atom stereocenters. The van der Waals surface area contributed by atoms with E-state index < -0.39 is 12.0 Å². The summed E-state index contributed by atoms with van der Waals surface area (Å²) in [6, 6.07) is 1.63. The Morgan fingerprint density at radius 1 is 1.08 bits per heavy atom. The third-order valence-electron chi connectivity index (χ3n) is 8.40. The Labute approximate surface area is 223 Å². The van der Waals surface area contributed by atoms with Crippen LogP contribution in [0.25, 0.3) is 11.0 Å². The average molecular weight is 547 g/mol. The minimum atomic E-state index is -4.58. The van der Waals surface area contributed by atoms with Crippen LogP contribution in [0, 0.1) is 12.3 Å². The average Bonchev–Trinajstić information content (AvgIpc) is 3.54. The van der Waals surface area contributed by atoms with Crippen LogP contribution in [0.2, 0.25) is 0 Å². The van der Waals surface area contributed by atoms with Gasteiger partial charge in [-0.2, -0.15) is 23.3 Å². The SMILES string of the molecule is CCn1c(N2CCC3(CCN(c4cc(C)nc(C(F)(F)F)n4)C3)CC2)nc2c(cnn2C2CCCCO2)c1=O. The molecule has 10 nitrogen and oxygen atoms in total. The lowest BCUT2D eigenvalue weighted by molar-refractivity contribution is -0.145. The molecule has 1 spiro atoms. The summed E-state index contributed by atoms with van der Waals surface area (Å²) in [6.07, 6.45) is 2.28. The Balaban J connectivity index is 1.22. The maximum Gasteiger partial charge on any atom is 0.451 e. The summed E-state index contributed by atoms with van der Waals surface area (Å²) in [7, 11) is 0. The number of hydrogen-bond acceptors (Lipinski definition) is 8. The van der Waals surface area contributed by atoms with E-state index in [0.29, 0.717) is 67.8 Å². The summed E-state index contributed by atoms with van der Waals surface area (Å²) in [5.74, 6) is -0.122. The predicted molar refractivity (Wildman–Crippen MR) is 139 cm³/mol. The number of anilines is 2. The molecule has 13 heteroatoms. The van der Waals surface area contributed by atoms with E-state index in [0.717, 1.165) is 38.5 Å². The second-order valence-corrected chi connectivity index (χ2v) is 11.0. The highest BCUT2D eigenvalue weighted by atomic mass is 19.4. The van der Waals surface area contributed by atoms with Gasteiger partial charge in [0.2, 0.25) is 11.8 Å². The smallest absolute Gasteiger partial charge is 0.356 e. The Bertz CT molecular complexity index is 1420. The molecule has 0 saturated carbocycles. The molecule has 3 aromatic rings. The molecule has 39 heavy (non-hydrogen) atoms. The van der Waals surface area contributed by atoms with Crippen molar-refractivity contribution in [2.75, 3.05) is 42.6 Å². The van der Waals surface area contributed by atoms with Gasteiger partial charge in [-0.05, 0) is 57.8 Å². The van der Waals surface area contributed by atoms with Crippen LogP contribution in [0.1, 0.15) is 63.2 Å². The second-order valence-electron chi connectivity index (χ2n) is 11.0. The molecule has 0 N–H and O–H groups in total. The van der Waals surface area contributed by atoms with Gasteiger partial charge in [0.1, 0.15) is 11.2 Å². The Morgan fingerprint density at radius 2 is 1.82 bits per heavy atom. The molecule has 6 rings (SSSR count). The Hall–Kier alpha value is -3.22. The van der Waals surface area contributed by atoms with Gasteiger partial charge in [-0.15, -0.1) is 0 Å². The largest absolute Gasteiger partial charge is 0.451 e. The summed E-state index contributed by atoms with van der Waals surface area (Å²) in [4.78, 5) is 29.9. The van der Waals surface area contributed by atoms with E-state index >= 15 is 0 Å². The summed E-state index contributed by atoms with van der Waals surface area (Å²) in [6.45, 7) is 7.37. The lowest BCUT2D eigenvalue weighted by Gasteiger charge is -2.40. The monoisotopic (exact) mass is 546 g/mol. The predicted octanol–water partition coefficient (Wildman–Crippen LogP) is 3.93. The van der Waals surface area contributed by atoms with Gasteiger partial charge >= 0.3 is 6.18 Å². The number of nitrogens with zero attached hydrogens (tertiary/aromatic N) is 8. The van der Waals surface area contributed by atoms with Crippen molar-refractivity contribution in [3.8, 4) is 0 Å². The van der Waals surface area contributed by atoms with E-state index in [4.69, 9.17) is 9.72 Å². The maximum atomic E-state index is 13.4. The highest BCUT2D eigenvalue weighted by molar-refractivity contribution is 5.75. The lowest BCUT2D eigenvalue weighted by Crippen LogP contribution is -2.44. The molecule has 0 radical (unpaired) electrons. The number of ether oxygens (including phenoxy) is 1. The number of fused-ring (bicyclic) bond motifs is 1. The zero-order chi connectivity index (χ0) is 27.4. The van der Waals surface area contributed by atoms with E-state index in [9.17, 15) is 18.0 Å². The quantitative estimate of drug-likeness (QED) is 0.486. The summed E-state index contributed by atoms with van der Waals surface area (Å²) < 4.78 is 49.3. The maximum absolute atomic E-state index is 13.4. The first kappa shape index (κ1) is 26.0. The fraction of sp³-hybridized carbons (Fsp3) is 0.654. The number of hydrogen-bond donors (Lipinski definition) is 0. The third-order valence-corrected chi connectivity index (χ3v) is 8.40. The van der Waals surface area contributed by atoms with Crippen LogP contribution in [-0.4, -0.2) is 62.1 Å². The van der Waals surface area contributed by atoms with Crippen LogP contribution < -0.4 is 15.4 Å². The molecule has 1 unspecified atom stereocenters. The Morgan fingerprint density at radius 3 is 2.49 bits per heavy atom. The molecule has 3 aliphatic rings. The Kier molecular flexibility index (Phi) is 6.51. The standard InChI is InChI=1S/C26H33F3N8O2/c1-3-36-22(38)18-15-30-37(20-6-4-5-13-39-20)21(18)33-24(36)34-10-7-25(8-11-34)9-12-35(16-25)19-14-17(2)31-23(32-19)26(27,28)29/h14-15,20H,3-13,16H2,1-2H3. The van der Waals surface area contributed by atoms with Crippen molar-refractivity contribution in [3.63, 3.8) is 0 Å². The fourth-order valence-electron chi connectivity index (χ4n) is 6.22. The van der Waals surface area contributed by atoms with Gasteiger partial charge in [0.25, 0.3) is 5.56 Å².